The largest absolute Gasteiger partial charge is 0.0776 e. The normalized spacial score (nSPS) is 10.8. The zero-order valence-corrected chi connectivity index (χ0v) is 10.9. The highest BCUT2D eigenvalue weighted by Gasteiger charge is 2.07. The van der Waals surface area contributed by atoms with Crippen LogP contribution >= 0.6 is 0 Å². The first-order valence-corrected chi connectivity index (χ1v) is 6.64. The highest BCUT2D eigenvalue weighted by atomic mass is 14.1. The molecule has 0 saturated carbocycles. The number of hydrogen-bond donors (Lipinski definition) is 0. The predicted molar refractivity (Wildman–Crippen MR) is 90.4 cm³/mol. The molecule has 0 saturated heterocycles. The second kappa shape index (κ2) is 4.64. The maximum atomic E-state index is 2.30. The molecule has 4 rings (SSSR count). The number of rotatable bonds is 0. The first-order chi connectivity index (χ1) is 9.34. The lowest BCUT2D eigenvalue weighted by Gasteiger charge is -2.10. The van der Waals surface area contributed by atoms with Crippen LogP contribution < -0.4 is 0 Å². The van der Waals surface area contributed by atoms with Crippen LogP contribution in [-0.2, 0) is 0 Å². The molecule has 0 spiro atoms. The van der Waals surface area contributed by atoms with Gasteiger partial charge in [0.25, 0.3) is 0 Å². The van der Waals surface area contributed by atoms with Crippen molar-refractivity contribution in [2.24, 2.45) is 0 Å². The zero-order valence-electron chi connectivity index (χ0n) is 10.9. The van der Waals surface area contributed by atoms with Gasteiger partial charge < -0.3 is 0 Å². The summed E-state index contributed by atoms with van der Waals surface area (Å²) in [6.45, 7) is 2.16. The van der Waals surface area contributed by atoms with Gasteiger partial charge in [-0.3, -0.25) is 0 Å². The van der Waals surface area contributed by atoms with Gasteiger partial charge in [-0.2, -0.15) is 0 Å². The van der Waals surface area contributed by atoms with E-state index in [2.05, 4.69) is 73.7 Å². The summed E-state index contributed by atoms with van der Waals surface area (Å²) in [5, 5.41) is 8.08. The molecule has 0 aliphatic carbocycles. The third kappa shape index (κ3) is 1.69. The molecule has 98 valence electrons. The Morgan fingerprint density at radius 3 is 1.40 bits per heavy atom. The molecular weight excluding hydrogens is 240 g/mol. The van der Waals surface area contributed by atoms with Crippen LogP contribution in [0.25, 0.3) is 32.3 Å². The Labute approximate surface area is 119 Å². The maximum absolute atomic E-state index is 2.30. The van der Waals surface area contributed by atoms with E-state index in [1.54, 1.807) is 0 Å². The molecule has 0 atom stereocenters. The Balaban J connectivity index is 0.00000121. The van der Waals surface area contributed by atoms with Crippen molar-refractivity contribution >= 4 is 32.3 Å². The van der Waals surface area contributed by atoms with E-state index in [0.29, 0.717) is 0 Å². The van der Waals surface area contributed by atoms with Gasteiger partial charge in [-0.15, -0.1) is 0 Å². The van der Waals surface area contributed by atoms with Crippen LogP contribution in [0.15, 0.2) is 66.7 Å². The van der Waals surface area contributed by atoms with Crippen LogP contribution in [0.2, 0.25) is 0 Å². The topological polar surface area (TPSA) is 0 Å². The van der Waals surface area contributed by atoms with Gasteiger partial charge in [-0.1, -0.05) is 79.7 Å². The fraction of sp³-hybridized carbons (Fsp3) is 0.100. The Kier molecular flexibility index (Phi) is 2.94. The number of fused-ring (bicyclic) bond motifs is 6. The van der Waals surface area contributed by atoms with Crippen LogP contribution in [0.3, 0.4) is 0 Å². The molecule has 0 bridgehead atoms. The summed E-state index contributed by atoms with van der Waals surface area (Å²) in [6, 6.07) is 24.1. The molecule has 4 aromatic carbocycles. The summed E-state index contributed by atoms with van der Waals surface area (Å²) in [6.07, 6.45) is 0. The SMILES string of the molecule is C.Cc1ccc2c3ccccc3c3ccccc3c2c1. The van der Waals surface area contributed by atoms with Gasteiger partial charge in [-0.05, 0) is 39.2 Å². The monoisotopic (exact) mass is 258 g/mol. The number of hydrogen-bond acceptors (Lipinski definition) is 0. The van der Waals surface area contributed by atoms with Crippen LogP contribution in [0, 0.1) is 6.92 Å². The molecule has 4 aromatic rings. The van der Waals surface area contributed by atoms with E-state index < -0.39 is 0 Å². The molecule has 0 radical (unpaired) electrons. The summed E-state index contributed by atoms with van der Waals surface area (Å²) in [4.78, 5) is 0. The minimum atomic E-state index is 0. The van der Waals surface area contributed by atoms with E-state index >= 15 is 0 Å². The van der Waals surface area contributed by atoms with Crippen LogP contribution in [0.1, 0.15) is 13.0 Å². The van der Waals surface area contributed by atoms with Gasteiger partial charge in [0, 0.05) is 0 Å². The number of aryl methyl sites for hydroxylation is 1. The van der Waals surface area contributed by atoms with Crippen molar-refractivity contribution in [1.82, 2.24) is 0 Å². The second-order valence-electron chi connectivity index (χ2n) is 5.14. The number of benzene rings is 4. The van der Waals surface area contributed by atoms with Crippen molar-refractivity contribution < 1.29 is 0 Å². The first-order valence-electron chi connectivity index (χ1n) is 6.64. The van der Waals surface area contributed by atoms with Crippen molar-refractivity contribution in [2.75, 3.05) is 0 Å². The van der Waals surface area contributed by atoms with Crippen molar-refractivity contribution in [1.29, 1.82) is 0 Å². The molecule has 20 heavy (non-hydrogen) atoms. The third-order valence-corrected chi connectivity index (χ3v) is 3.90. The molecule has 0 aromatic heterocycles. The van der Waals surface area contributed by atoms with E-state index in [9.17, 15) is 0 Å². The molecule has 0 heterocycles. The fourth-order valence-electron chi connectivity index (χ4n) is 3.02. The molecule has 0 aliphatic heterocycles. The third-order valence-electron chi connectivity index (χ3n) is 3.90. The van der Waals surface area contributed by atoms with Crippen molar-refractivity contribution in [2.45, 2.75) is 14.4 Å². The van der Waals surface area contributed by atoms with Crippen LogP contribution in [0.5, 0.6) is 0 Å². The molecule has 0 fully saturated rings. The molecule has 0 aliphatic rings. The van der Waals surface area contributed by atoms with E-state index in [-0.39, 0.29) is 7.43 Å². The van der Waals surface area contributed by atoms with Gasteiger partial charge in [-0.25, -0.2) is 0 Å². The summed E-state index contributed by atoms with van der Waals surface area (Å²) >= 11 is 0. The average Bonchev–Trinajstić information content (AvgIpc) is 2.47. The lowest BCUT2D eigenvalue weighted by molar-refractivity contribution is 1.51. The molecule has 0 nitrogen and oxygen atoms in total. The highest BCUT2D eigenvalue weighted by molar-refractivity contribution is 6.25. The lowest BCUT2D eigenvalue weighted by atomic mass is 9.93. The predicted octanol–water partition coefficient (Wildman–Crippen LogP) is 6.09. The minimum absolute atomic E-state index is 0. The van der Waals surface area contributed by atoms with Gasteiger partial charge in [0.1, 0.15) is 0 Å². The van der Waals surface area contributed by atoms with Crippen LogP contribution in [0.4, 0.5) is 0 Å². The molecular formula is C20H18. The summed E-state index contributed by atoms with van der Waals surface area (Å²) in [7, 11) is 0. The molecule has 0 unspecified atom stereocenters. The summed E-state index contributed by atoms with van der Waals surface area (Å²) in [5.41, 5.74) is 1.31. The first kappa shape index (κ1) is 12.7. The van der Waals surface area contributed by atoms with Gasteiger partial charge in [0.2, 0.25) is 0 Å². The van der Waals surface area contributed by atoms with Crippen LogP contribution in [-0.4, -0.2) is 0 Å². The average molecular weight is 258 g/mol. The van der Waals surface area contributed by atoms with E-state index in [0.717, 1.165) is 0 Å². The lowest BCUT2D eigenvalue weighted by Crippen LogP contribution is -1.83. The minimum Gasteiger partial charge on any atom is -0.0776 e. The van der Waals surface area contributed by atoms with Gasteiger partial charge in [0.15, 0.2) is 0 Å². The standard InChI is InChI=1S/C19H14.CH4/c1-13-10-11-18-16-8-3-2-6-14(16)15-7-4-5-9-17(15)19(18)12-13;/h2-12H,1H3;1H4. The molecule has 0 heteroatoms. The van der Waals surface area contributed by atoms with Gasteiger partial charge >= 0.3 is 0 Å². The Bertz CT molecular complexity index is 881. The fourth-order valence-corrected chi connectivity index (χ4v) is 3.02. The van der Waals surface area contributed by atoms with Crippen molar-refractivity contribution in [3.05, 3.63) is 72.3 Å². The smallest absolute Gasteiger partial charge is 0.00963 e. The maximum Gasteiger partial charge on any atom is -0.00963 e. The molecule has 0 N–H and O–H groups in total. The van der Waals surface area contributed by atoms with E-state index in [4.69, 9.17) is 0 Å². The zero-order chi connectivity index (χ0) is 12.8. The molecule has 0 amide bonds. The summed E-state index contributed by atoms with van der Waals surface area (Å²) < 4.78 is 0. The Hall–Kier alpha value is -2.34. The quantitative estimate of drug-likeness (QED) is 0.335. The summed E-state index contributed by atoms with van der Waals surface area (Å²) in [5.74, 6) is 0. The van der Waals surface area contributed by atoms with E-state index in [1.807, 2.05) is 0 Å². The van der Waals surface area contributed by atoms with Crippen molar-refractivity contribution in [3.63, 3.8) is 0 Å². The van der Waals surface area contributed by atoms with Crippen molar-refractivity contribution in [3.8, 4) is 0 Å². The Morgan fingerprint density at radius 1 is 0.500 bits per heavy atom. The Morgan fingerprint density at radius 2 is 0.900 bits per heavy atom. The van der Waals surface area contributed by atoms with E-state index in [1.165, 1.54) is 37.9 Å². The second-order valence-corrected chi connectivity index (χ2v) is 5.14. The highest BCUT2D eigenvalue weighted by Crippen LogP contribution is 2.34. The van der Waals surface area contributed by atoms with Gasteiger partial charge in [0.05, 0.1) is 0 Å².